The third-order valence-corrected chi connectivity index (χ3v) is 4.76. The molecule has 0 N–H and O–H groups in total. The van der Waals surface area contributed by atoms with E-state index < -0.39 is 0 Å². The Morgan fingerprint density at radius 3 is 1.58 bits per heavy atom. The molecule has 8 heteroatoms. The van der Waals surface area contributed by atoms with Crippen molar-refractivity contribution < 1.29 is 18.9 Å². The SMILES string of the molecule is CC(C)(C)Oc1cccnc1.CC(C)(C)Oc1ccncc1.Cc1ccc(OC(C)C)cn1.Cc1ncccc1OC(C)(C)C. The predicted octanol–water partition coefficient (Wildman–Crippen LogP) is 9.26. The maximum Gasteiger partial charge on any atom is 0.141 e. The minimum absolute atomic E-state index is 0.124. The van der Waals surface area contributed by atoms with Crippen molar-refractivity contribution in [3.63, 3.8) is 0 Å². The molecular weight excluding hydrogens is 564 g/mol. The fourth-order valence-corrected chi connectivity index (χ4v) is 3.22. The van der Waals surface area contributed by atoms with Crippen molar-refractivity contribution in [3.8, 4) is 23.0 Å². The van der Waals surface area contributed by atoms with Crippen molar-refractivity contribution >= 4 is 0 Å². The fourth-order valence-electron chi connectivity index (χ4n) is 3.22. The fraction of sp³-hybridized carbons (Fsp3) is 0.459. The van der Waals surface area contributed by atoms with Gasteiger partial charge in [0.1, 0.15) is 39.8 Å². The quantitative estimate of drug-likeness (QED) is 0.219. The number of ether oxygens (including phenoxy) is 4. The Morgan fingerprint density at radius 2 is 1.11 bits per heavy atom. The molecule has 0 unspecified atom stereocenters. The van der Waals surface area contributed by atoms with E-state index in [9.17, 15) is 0 Å². The molecule has 4 heterocycles. The zero-order valence-corrected chi connectivity index (χ0v) is 29.6. The first-order chi connectivity index (χ1) is 20.8. The molecule has 0 saturated heterocycles. The van der Waals surface area contributed by atoms with Gasteiger partial charge in [0.2, 0.25) is 0 Å². The van der Waals surface area contributed by atoms with Crippen LogP contribution in [0.25, 0.3) is 0 Å². The molecule has 0 aliphatic heterocycles. The number of nitrogens with zero attached hydrogens (tertiary/aromatic N) is 4. The summed E-state index contributed by atoms with van der Waals surface area (Å²) in [5.74, 6) is 3.39. The first-order valence-electron chi connectivity index (χ1n) is 15.2. The Balaban J connectivity index is 0.000000300. The van der Waals surface area contributed by atoms with E-state index in [-0.39, 0.29) is 22.9 Å². The Bertz CT molecular complexity index is 1280. The van der Waals surface area contributed by atoms with Crippen LogP contribution in [0.1, 0.15) is 87.5 Å². The first kappa shape index (κ1) is 38.8. The minimum atomic E-state index is -0.145. The van der Waals surface area contributed by atoms with Crippen LogP contribution < -0.4 is 18.9 Å². The van der Waals surface area contributed by atoms with Gasteiger partial charge in [-0.3, -0.25) is 19.9 Å². The Hall–Kier alpha value is -4.20. The van der Waals surface area contributed by atoms with Gasteiger partial charge >= 0.3 is 0 Å². The lowest BCUT2D eigenvalue weighted by molar-refractivity contribution is 0.129. The maximum absolute atomic E-state index is 5.67. The van der Waals surface area contributed by atoms with Gasteiger partial charge in [0.25, 0.3) is 0 Å². The number of pyridine rings is 4. The molecule has 0 saturated carbocycles. The lowest BCUT2D eigenvalue weighted by atomic mass is 10.2. The van der Waals surface area contributed by atoms with Gasteiger partial charge in [-0.2, -0.15) is 0 Å². The van der Waals surface area contributed by atoms with E-state index in [0.717, 1.165) is 34.4 Å². The van der Waals surface area contributed by atoms with E-state index in [2.05, 4.69) is 19.9 Å². The zero-order chi connectivity index (χ0) is 34.1. The van der Waals surface area contributed by atoms with Crippen LogP contribution in [0.2, 0.25) is 0 Å². The third kappa shape index (κ3) is 21.2. The van der Waals surface area contributed by atoms with Gasteiger partial charge in [0.05, 0.1) is 24.2 Å². The predicted molar refractivity (Wildman–Crippen MR) is 183 cm³/mol. The summed E-state index contributed by atoms with van der Waals surface area (Å²) >= 11 is 0. The van der Waals surface area contributed by atoms with Crippen LogP contribution >= 0.6 is 0 Å². The average molecular weight is 619 g/mol. The molecule has 0 amide bonds. The molecule has 0 atom stereocenters. The molecule has 4 rings (SSSR count). The van der Waals surface area contributed by atoms with Gasteiger partial charge in [-0.1, -0.05) is 0 Å². The Kier molecular flexibility index (Phi) is 16.0. The summed E-state index contributed by atoms with van der Waals surface area (Å²) in [6, 6.07) is 15.2. The maximum atomic E-state index is 5.67. The highest BCUT2D eigenvalue weighted by Gasteiger charge is 2.13. The molecule has 45 heavy (non-hydrogen) atoms. The standard InChI is InChI=1S/C10H15NO.3C9H13NO/c1-8-9(6-5-7-11-8)12-10(2,3)4;1-9(2,3)11-8-4-6-10-7-5-8;1-7(2)11-9-5-4-8(3)10-6-9;1-9(2,3)11-8-5-4-6-10-7-8/h5-7H,1-4H3;3*4-7H,1-3H3. The second-order valence-corrected chi connectivity index (χ2v) is 13.4. The van der Waals surface area contributed by atoms with Gasteiger partial charge < -0.3 is 18.9 Å². The molecule has 246 valence electrons. The molecule has 0 bridgehead atoms. The van der Waals surface area contributed by atoms with E-state index in [1.165, 1.54) is 0 Å². The molecule has 8 nitrogen and oxygen atoms in total. The van der Waals surface area contributed by atoms with E-state index in [4.69, 9.17) is 18.9 Å². The lowest BCUT2D eigenvalue weighted by Crippen LogP contribution is -2.23. The number of aromatic nitrogens is 4. The summed E-state index contributed by atoms with van der Waals surface area (Å²) in [4.78, 5) is 16.1. The normalized spacial score (nSPS) is 11.0. The van der Waals surface area contributed by atoms with Crippen LogP contribution in [0, 0.1) is 13.8 Å². The van der Waals surface area contributed by atoms with Crippen molar-refractivity contribution in [2.75, 3.05) is 0 Å². The van der Waals surface area contributed by atoms with E-state index in [1.807, 2.05) is 139 Å². The molecule has 0 fully saturated rings. The van der Waals surface area contributed by atoms with Crippen molar-refractivity contribution in [1.29, 1.82) is 0 Å². The van der Waals surface area contributed by atoms with Gasteiger partial charge in [-0.05, 0) is 139 Å². The second-order valence-electron chi connectivity index (χ2n) is 13.4. The summed E-state index contributed by atoms with van der Waals surface area (Å²) in [5.41, 5.74) is 1.55. The molecule has 4 aromatic rings. The molecule has 4 aromatic heterocycles. The number of hydrogen-bond acceptors (Lipinski definition) is 8. The van der Waals surface area contributed by atoms with Gasteiger partial charge in [0, 0.05) is 30.5 Å². The zero-order valence-electron chi connectivity index (χ0n) is 29.6. The van der Waals surface area contributed by atoms with Crippen LogP contribution in [-0.2, 0) is 0 Å². The van der Waals surface area contributed by atoms with E-state index >= 15 is 0 Å². The minimum Gasteiger partial charge on any atom is -0.489 e. The van der Waals surface area contributed by atoms with Gasteiger partial charge in [-0.15, -0.1) is 0 Å². The van der Waals surface area contributed by atoms with Crippen LogP contribution in [0.15, 0.2) is 85.7 Å². The third-order valence-electron chi connectivity index (χ3n) is 4.76. The van der Waals surface area contributed by atoms with Gasteiger partial charge in [0.15, 0.2) is 0 Å². The summed E-state index contributed by atoms with van der Waals surface area (Å²) in [6.45, 7) is 26.1. The van der Waals surface area contributed by atoms with Crippen LogP contribution in [-0.4, -0.2) is 42.8 Å². The van der Waals surface area contributed by atoms with Crippen LogP contribution in [0.4, 0.5) is 0 Å². The monoisotopic (exact) mass is 618 g/mol. The number of hydrogen-bond donors (Lipinski definition) is 0. The summed E-state index contributed by atoms with van der Waals surface area (Å²) in [7, 11) is 0. The highest BCUT2D eigenvalue weighted by molar-refractivity contribution is 5.26. The lowest BCUT2D eigenvalue weighted by Gasteiger charge is -2.21. The van der Waals surface area contributed by atoms with Crippen molar-refractivity contribution in [2.24, 2.45) is 0 Å². The smallest absolute Gasteiger partial charge is 0.141 e. The number of aryl methyl sites for hydroxylation is 2. The second kappa shape index (κ2) is 18.6. The van der Waals surface area contributed by atoms with Crippen molar-refractivity contribution in [1.82, 2.24) is 19.9 Å². The first-order valence-corrected chi connectivity index (χ1v) is 15.2. The highest BCUT2D eigenvalue weighted by atomic mass is 16.5. The summed E-state index contributed by atoms with van der Waals surface area (Å²) in [5, 5.41) is 0. The van der Waals surface area contributed by atoms with Crippen LogP contribution in [0.3, 0.4) is 0 Å². The molecular formula is C37H54N4O4. The Morgan fingerprint density at radius 1 is 0.533 bits per heavy atom. The van der Waals surface area contributed by atoms with E-state index in [1.54, 1.807) is 37.2 Å². The van der Waals surface area contributed by atoms with Gasteiger partial charge in [-0.25, -0.2) is 0 Å². The summed E-state index contributed by atoms with van der Waals surface area (Å²) in [6.07, 6.45) is 10.6. The average Bonchev–Trinajstić information content (AvgIpc) is 2.91. The molecule has 0 aromatic carbocycles. The highest BCUT2D eigenvalue weighted by Crippen LogP contribution is 2.20. The van der Waals surface area contributed by atoms with E-state index in [0.29, 0.717) is 0 Å². The Labute approximate surface area is 271 Å². The van der Waals surface area contributed by atoms with Crippen molar-refractivity contribution in [3.05, 3.63) is 97.1 Å². The summed E-state index contributed by atoms with van der Waals surface area (Å²) < 4.78 is 22.2. The number of rotatable bonds is 5. The molecule has 0 radical (unpaired) electrons. The van der Waals surface area contributed by atoms with Crippen LogP contribution in [0.5, 0.6) is 23.0 Å². The van der Waals surface area contributed by atoms with Crippen molar-refractivity contribution in [2.45, 2.75) is 113 Å². The topological polar surface area (TPSA) is 88.5 Å². The molecule has 0 aliphatic rings. The molecule has 0 aliphatic carbocycles. The molecule has 0 spiro atoms. The largest absolute Gasteiger partial charge is 0.489 e.